The maximum atomic E-state index is 12.9. The maximum Gasteiger partial charge on any atom is 0.338 e. The number of allylic oxidation sites excluding steroid dienone is 1. The smallest absolute Gasteiger partial charge is 0.338 e. The Morgan fingerprint density at radius 3 is 2.40 bits per heavy atom. The van der Waals surface area contributed by atoms with E-state index in [1.54, 1.807) is 37.8 Å². The zero-order chi connectivity index (χ0) is 22.3. The Kier molecular flexibility index (Phi) is 8.45. The van der Waals surface area contributed by atoms with Gasteiger partial charge in [0.25, 0.3) is 0 Å². The van der Waals surface area contributed by atoms with Gasteiger partial charge in [0.05, 0.1) is 17.7 Å². The van der Waals surface area contributed by atoms with Crippen molar-refractivity contribution in [1.82, 2.24) is 10.2 Å². The van der Waals surface area contributed by atoms with Gasteiger partial charge < -0.3 is 15.4 Å². The molecule has 7 nitrogen and oxygen atoms in total. The van der Waals surface area contributed by atoms with Crippen LogP contribution in [0.25, 0.3) is 0 Å². The molecular weight excluding hydrogens is 382 g/mol. The topological polar surface area (TPSA) is 87.7 Å². The fourth-order valence-electron chi connectivity index (χ4n) is 3.39. The molecule has 0 aromatic heterocycles. The number of rotatable bonds is 9. The Morgan fingerprint density at radius 1 is 1.17 bits per heavy atom. The monoisotopic (exact) mass is 415 g/mol. The van der Waals surface area contributed by atoms with Crippen molar-refractivity contribution in [3.05, 3.63) is 41.1 Å². The third kappa shape index (κ3) is 5.84. The van der Waals surface area contributed by atoms with E-state index in [0.717, 1.165) is 24.8 Å². The first-order valence-electron chi connectivity index (χ1n) is 10.7. The highest BCUT2D eigenvalue weighted by Gasteiger charge is 2.36. The minimum absolute atomic E-state index is 0.0253. The zero-order valence-corrected chi connectivity index (χ0v) is 18.6. The van der Waals surface area contributed by atoms with Crippen molar-refractivity contribution in [2.45, 2.75) is 72.4 Å². The molecule has 0 fully saturated rings. The predicted molar refractivity (Wildman–Crippen MR) is 117 cm³/mol. The average Bonchev–Trinajstić information content (AvgIpc) is 2.69. The standard InChI is InChI=1S/C23H33N3O4/c1-6-8-9-19(27)24-18-12-10-17(11-13-18)21-20(22(28)30-15(3)4)16(5)26(14-7-2)23(29)25-21/h10-13,15,21H,6-9,14H2,1-5H3,(H,24,27)(H,25,29)/t21-/m1/s1. The molecule has 2 rings (SSSR count). The lowest BCUT2D eigenvalue weighted by molar-refractivity contribution is -0.143. The summed E-state index contributed by atoms with van der Waals surface area (Å²) < 4.78 is 5.46. The van der Waals surface area contributed by atoms with Crippen LogP contribution in [-0.2, 0) is 14.3 Å². The van der Waals surface area contributed by atoms with Crippen LogP contribution in [0.1, 0.15) is 71.9 Å². The van der Waals surface area contributed by atoms with E-state index >= 15 is 0 Å². The summed E-state index contributed by atoms with van der Waals surface area (Å²) in [4.78, 5) is 39.0. The molecule has 1 atom stereocenters. The molecule has 164 valence electrons. The second-order valence-electron chi connectivity index (χ2n) is 7.76. The minimum atomic E-state index is -0.610. The molecule has 1 aliphatic rings. The Morgan fingerprint density at radius 2 is 1.83 bits per heavy atom. The van der Waals surface area contributed by atoms with E-state index in [1.165, 1.54) is 0 Å². The Bertz CT molecular complexity index is 799. The van der Waals surface area contributed by atoms with Gasteiger partial charge in [-0.15, -0.1) is 0 Å². The molecule has 0 saturated carbocycles. The van der Waals surface area contributed by atoms with E-state index in [2.05, 4.69) is 10.6 Å². The summed E-state index contributed by atoms with van der Waals surface area (Å²) in [5, 5.41) is 5.80. The van der Waals surface area contributed by atoms with E-state index in [0.29, 0.717) is 29.9 Å². The van der Waals surface area contributed by atoms with Gasteiger partial charge in [-0.3, -0.25) is 9.69 Å². The SMILES string of the molecule is CCCCC(=O)Nc1ccc([C@H]2NC(=O)N(CCC)C(C)=C2C(=O)OC(C)C)cc1. The lowest BCUT2D eigenvalue weighted by Gasteiger charge is -2.35. The molecule has 0 unspecified atom stereocenters. The molecule has 30 heavy (non-hydrogen) atoms. The summed E-state index contributed by atoms with van der Waals surface area (Å²) in [6.45, 7) is 9.91. The van der Waals surface area contributed by atoms with Crippen molar-refractivity contribution < 1.29 is 19.1 Å². The van der Waals surface area contributed by atoms with Gasteiger partial charge in [0.15, 0.2) is 0 Å². The van der Waals surface area contributed by atoms with Crippen LogP contribution in [0, 0.1) is 0 Å². The first-order chi connectivity index (χ1) is 14.3. The Balaban J connectivity index is 2.31. The number of nitrogens with one attached hydrogen (secondary N) is 2. The van der Waals surface area contributed by atoms with Crippen molar-refractivity contribution in [3.63, 3.8) is 0 Å². The number of hydrogen-bond acceptors (Lipinski definition) is 4. The number of carbonyl (C=O) groups is 3. The summed E-state index contributed by atoms with van der Waals surface area (Å²) in [7, 11) is 0. The highest BCUT2D eigenvalue weighted by Crippen LogP contribution is 2.32. The molecule has 1 heterocycles. The maximum absolute atomic E-state index is 12.9. The summed E-state index contributed by atoms with van der Waals surface area (Å²) >= 11 is 0. The molecule has 3 amide bonds. The van der Waals surface area contributed by atoms with Gasteiger partial charge in [0.2, 0.25) is 5.91 Å². The molecule has 0 saturated heterocycles. The normalized spacial score (nSPS) is 16.5. The molecule has 0 radical (unpaired) electrons. The van der Waals surface area contributed by atoms with E-state index in [9.17, 15) is 14.4 Å². The first-order valence-corrected chi connectivity index (χ1v) is 10.7. The fraction of sp³-hybridized carbons (Fsp3) is 0.522. The van der Waals surface area contributed by atoms with Gasteiger partial charge >= 0.3 is 12.0 Å². The third-order valence-electron chi connectivity index (χ3n) is 4.89. The van der Waals surface area contributed by atoms with Crippen LogP contribution in [-0.4, -0.2) is 35.5 Å². The van der Waals surface area contributed by atoms with Crippen molar-refractivity contribution >= 4 is 23.6 Å². The van der Waals surface area contributed by atoms with Crippen LogP contribution >= 0.6 is 0 Å². The summed E-state index contributed by atoms with van der Waals surface area (Å²) in [6.07, 6.45) is 2.80. The summed E-state index contributed by atoms with van der Waals surface area (Å²) in [5.74, 6) is -0.465. The number of nitrogens with zero attached hydrogens (tertiary/aromatic N) is 1. The number of hydrogen-bond donors (Lipinski definition) is 2. The van der Waals surface area contributed by atoms with Crippen LogP contribution in [0.3, 0.4) is 0 Å². The van der Waals surface area contributed by atoms with Gasteiger partial charge in [-0.25, -0.2) is 9.59 Å². The number of carbonyl (C=O) groups excluding carboxylic acids is 3. The molecule has 7 heteroatoms. The van der Waals surface area contributed by atoms with Crippen LogP contribution in [0.5, 0.6) is 0 Å². The number of benzene rings is 1. The minimum Gasteiger partial charge on any atom is -0.459 e. The molecule has 0 aliphatic carbocycles. The Hall–Kier alpha value is -2.83. The molecule has 1 aromatic rings. The highest BCUT2D eigenvalue weighted by molar-refractivity contribution is 5.95. The highest BCUT2D eigenvalue weighted by atomic mass is 16.5. The van der Waals surface area contributed by atoms with Gasteiger partial charge in [-0.2, -0.15) is 0 Å². The predicted octanol–water partition coefficient (Wildman–Crippen LogP) is 4.52. The van der Waals surface area contributed by atoms with Gasteiger partial charge in [0.1, 0.15) is 0 Å². The van der Waals surface area contributed by atoms with Crippen LogP contribution in [0.15, 0.2) is 35.5 Å². The fourth-order valence-corrected chi connectivity index (χ4v) is 3.39. The van der Waals surface area contributed by atoms with Crippen molar-refractivity contribution in [1.29, 1.82) is 0 Å². The number of ether oxygens (including phenoxy) is 1. The van der Waals surface area contributed by atoms with Crippen molar-refractivity contribution in [3.8, 4) is 0 Å². The Labute approximate surface area is 178 Å². The first kappa shape index (κ1) is 23.4. The zero-order valence-electron chi connectivity index (χ0n) is 18.6. The van der Waals surface area contributed by atoms with E-state index < -0.39 is 12.0 Å². The van der Waals surface area contributed by atoms with Crippen molar-refractivity contribution in [2.75, 3.05) is 11.9 Å². The van der Waals surface area contributed by atoms with Crippen LogP contribution < -0.4 is 10.6 Å². The number of amides is 3. The van der Waals surface area contributed by atoms with E-state index in [-0.39, 0.29) is 18.0 Å². The molecule has 0 spiro atoms. The average molecular weight is 416 g/mol. The number of unbranched alkanes of at least 4 members (excludes halogenated alkanes) is 1. The number of esters is 1. The summed E-state index contributed by atoms with van der Waals surface area (Å²) in [6, 6.07) is 6.34. The molecule has 1 aromatic carbocycles. The van der Waals surface area contributed by atoms with E-state index in [1.807, 2.05) is 26.0 Å². The summed E-state index contributed by atoms with van der Waals surface area (Å²) in [5.41, 5.74) is 2.47. The van der Waals surface area contributed by atoms with Gasteiger partial charge in [-0.1, -0.05) is 32.4 Å². The largest absolute Gasteiger partial charge is 0.459 e. The van der Waals surface area contributed by atoms with Gasteiger partial charge in [-0.05, 0) is 51.3 Å². The molecule has 0 bridgehead atoms. The second-order valence-corrected chi connectivity index (χ2v) is 7.76. The number of urea groups is 1. The lowest BCUT2D eigenvalue weighted by Crippen LogP contribution is -2.48. The van der Waals surface area contributed by atoms with Crippen LogP contribution in [0.4, 0.5) is 10.5 Å². The van der Waals surface area contributed by atoms with Crippen LogP contribution in [0.2, 0.25) is 0 Å². The lowest BCUT2D eigenvalue weighted by atomic mass is 9.94. The third-order valence-corrected chi connectivity index (χ3v) is 4.89. The van der Waals surface area contributed by atoms with Gasteiger partial charge in [0, 0.05) is 24.4 Å². The quantitative estimate of drug-likeness (QED) is 0.581. The second kappa shape index (κ2) is 10.8. The molecule has 2 N–H and O–H groups in total. The number of anilines is 1. The molecular formula is C23H33N3O4. The van der Waals surface area contributed by atoms with E-state index in [4.69, 9.17) is 4.74 Å². The molecule has 1 aliphatic heterocycles. The van der Waals surface area contributed by atoms with Crippen molar-refractivity contribution in [2.24, 2.45) is 0 Å².